The third kappa shape index (κ3) is 3.09. The van der Waals surface area contributed by atoms with Gasteiger partial charge in [-0.15, -0.1) is 0 Å². The van der Waals surface area contributed by atoms with Crippen LogP contribution < -0.4 is 14.4 Å². The quantitative estimate of drug-likeness (QED) is 0.703. The fourth-order valence-electron chi connectivity index (χ4n) is 2.62. The van der Waals surface area contributed by atoms with E-state index in [9.17, 15) is 5.11 Å². The van der Waals surface area contributed by atoms with Gasteiger partial charge in [0, 0.05) is 18.0 Å². The molecule has 0 aliphatic rings. The normalized spacial score (nSPS) is 10.6. The highest BCUT2D eigenvalue weighted by molar-refractivity contribution is 5.92. The van der Waals surface area contributed by atoms with Gasteiger partial charge < -0.3 is 19.5 Å². The van der Waals surface area contributed by atoms with Crippen LogP contribution in [0.25, 0.3) is 10.9 Å². The zero-order valence-corrected chi connectivity index (χ0v) is 13.6. The zero-order valence-electron chi connectivity index (χ0n) is 13.6. The van der Waals surface area contributed by atoms with Crippen molar-refractivity contribution in [2.75, 3.05) is 25.9 Å². The summed E-state index contributed by atoms with van der Waals surface area (Å²) in [4.78, 5) is 10.4. The van der Waals surface area contributed by atoms with Crippen molar-refractivity contribution in [3.8, 4) is 11.5 Å². The first-order valence-corrected chi connectivity index (χ1v) is 7.53. The second-order valence-corrected chi connectivity index (χ2v) is 5.25. The molecule has 0 saturated heterocycles. The first-order valence-electron chi connectivity index (χ1n) is 7.53. The minimum absolute atomic E-state index is 0.157. The van der Waals surface area contributed by atoms with Gasteiger partial charge in [-0.25, -0.2) is 9.97 Å². The Hall–Kier alpha value is -2.86. The molecule has 124 valence electrons. The maximum atomic E-state index is 9.84. The molecular weight excluding hydrogens is 306 g/mol. The molecule has 0 fully saturated rings. The number of aliphatic hydroxyl groups excluding tert-OH is 1. The molecule has 0 spiro atoms. The summed E-state index contributed by atoms with van der Waals surface area (Å²) in [7, 11) is 3.17. The van der Waals surface area contributed by atoms with E-state index in [1.54, 1.807) is 25.2 Å². The number of nitrogens with zero attached hydrogens (tertiary/aromatic N) is 3. The lowest BCUT2D eigenvalue weighted by molar-refractivity contribution is 0.289. The molecule has 0 aliphatic carbocycles. The van der Waals surface area contributed by atoms with Crippen LogP contribution in [0.3, 0.4) is 0 Å². The Balaban J connectivity index is 2.06. The number of rotatable bonds is 6. The SMILES string of the molecule is COc1cc2ncnc(N(CO)Cc3ccccc3)c2cc1OC. The van der Waals surface area contributed by atoms with E-state index in [1.807, 2.05) is 36.4 Å². The lowest BCUT2D eigenvalue weighted by Gasteiger charge is -2.22. The van der Waals surface area contributed by atoms with Crippen molar-refractivity contribution in [1.82, 2.24) is 9.97 Å². The molecule has 1 aromatic heterocycles. The second-order valence-electron chi connectivity index (χ2n) is 5.25. The highest BCUT2D eigenvalue weighted by atomic mass is 16.5. The van der Waals surface area contributed by atoms with Gasteiger partial charge in [0.15, 0.2) is 11.5 Å². The Labute approximate surface area is 140 Å². The van der Waals surface area contributed by atoms with Crippen molar-refractivity contribution >= 4 is 16.7 Å². The summed E-state index contributed by atoms with van der Waals surface area (Å²) < 4.78 is 10.7. The number of fused-ring (bicyclic) bond motifs is 1. The summed E-state index contributed by atoms with van der Waals surface area (Å²) in [6.07, 6.45) is 1.48. The molecule has 0 unspecified atom stereocenters. The Kier molecular flexibility index (Phi) is 4.77. The number of aliphatic hydroxyl groups is 1. The molecule has 3 aromatic rings. The van der Waals surface area contributed by atoms with Crippen molar-refractivity contribution in [1.29, 1.82) is 0 Å². The summed E-state index contributed by atoms with van der Waals surface area (Å²) in [6, 6.07) is 13.6. The van der Waals surface area contributed by atoms with Gasteiger partial charge in [-0.05, 0) is 11.6 Å². The summed E-state index contributed by atoms with van der Waals surface area (Å²) in [5, 5.41) is 10.6. The fraction of sp³-hybridized carbons (Fsp3) is 0.222. The highest BCUT2D eigenvalue weighted by Gasteiger charge is 2.15. The van der Waals surface area contributed by atoms with Crippen molar-refractivity contribution < 1.29 is 14.6 Å². The van der Waals surface area contributed by atoms with Crippen LogP contribution in [0.15, 0.2) is 48.8 Å². The van der Waals surface area contributed by atoms with Crippen LogP contribution in [0.1, 0.15) is 5.56 Å². The van der Waals surface area contributed by atoms with Crippen molar-refractivity contribution in [3.63, 3.8) is 0 Å². The van der Waals surface area contributed by atoms with Gasteiger partial charge in [0.25, 0.3) is 0 Å². The fourth-order valence-corrected chi connectivity index (χ4v) is 2.62. The summed E-state index contributed by atoms with van der Waals surface area (Å²) >= 11 is 0. The number of hydrogen-bond acceptors (Lipinski definition) is 6. The minimum Gasteiger partial charge on any atom is -0.493 e. The Morgan fingerprint density at radius 3 is 2.38 bits per heavy atom. The predicted octanol–water partition coefficient (Wildman–Crippen LogP) is 2.60. The van der Waals surface area contributed by atoms with Crippen molar-refractivity contribution in [3.05, 3.63) is 54.4 Å². The topological polar surface area (TPSA) is 67.7 Å². The third-order valence-corrected chi connectivity index (χ3v) is 3.81. The predicted molar refractivity (Wildman–Crippen MR) is 92.4 cm³/mol. The molecular formula is C18H19N3O3. The molecule has 0 atom stereocenters. The van der Waals surface area contributed by atoms with Gasteiger partial charge in [0.2, 0.25) is 0 Å². The zero-order chi connectivity index (χ0) is 16.9. The highest BCUT2D eigenvalue weighted by Crippen LogP contribution is 2.34. The van der Waals surface area contributed by atoms with Crippen LogP contribution >= 0.6 is 0 Å². The van der Waals surface area contributed by atoms with E-state index in [4.69, 9.17) is 9.47 Å². The van der Waals surface area contributed by atoms with Gasteiger partial charge in [0.05, 0.1) is 19.7 Å². The molecule has 3 rings (SSSR count). The molecule has 2 aromatic carbocycles. The third-order valence-electron chi connectivity index (χ3n) is 3.81. The molecule has 6 nitrogen and oxygen atoms in total. The first-order chi connectivity index (χ1) is 11.8. The van der Waals surface area contributed by atoms with Crippen LogP contribution in [0.5, 0.6) is 11.5 Å². The number of anilines is 1. The maximum Gasteiger partial charge on any atom is 0.162 e. The average molecular weight is 325 g/mol. The van der Waals surface area contributed by atoms with E-state index in [-0.39, 0.29) is 6.73 Å². The number of benzene rings is 2. The second kappa shape index (κ2) is 7.14. The van der Waals surface area contributed by atoms with Crippen molar-refractivity contribution in [2.45, 2.75) is 6.54 Å². The largest absolute Gasteiger partial charge is 0.493 e. The maximum absolute atomic E-state index is 9.84. The standard InChI is InChI=1S/C18H19N3O3/c1-23-16-8-14-15(9-17(16)24-2)19-11-20-18(14)21(12-22)10-13-6-4-3-5-7-13/h3-9,11,22H,10,12H2,1-2H3. The van der Waals surface area contributed by atoms with Crippen LogP contribution in [-0.4, -0.2) is 36.0 Å². The minimum atomic E-state index is -0.157. The Morgan fingerprint density at radius 2 is 1.71 bits per heavy atom. The molecule has 0 radical (unpaired) electrons. The van der Waals surface area contributed by atoms with Crippen molar-refractivity contribution in [2.24, 2.45) is 0 Å². The van der Waals surface area contributed by atoms with E-state index in [1.165, 1.54) is 6.33 Å². The molecule has 1 N–H and O–H groups in total. The van der Waals surface area contributed by atoms with Crippen LogP contribution in [-0.2, 0) is 6.54 Å². The molecule has 0 bridgehead atoms. The molecule has 0 aliphatic heterocycles. The Bertz CT molecular complexity index is 824. The number of hydrogen-bond donors (Lipinski definition) is 1. The van der Waals surface area contributed by atoms with E-state index in [2.05, 4.69) is 9.97 Å². The van der Waals surface area contributed by atoms with Crippen LogP contribution in [0.4, 0.5) is 5.82 Å². The van der Waals surface area contributed by atoms with Gasteiger partial charge >= 0.3 is 0 Å². The summed E-state index contributed by atoms with van der Waals surface area (Å²) in [5.41, 5.74) is 1.81. The molecule has 1 heterocycles. The van der Waals surface area contributed by atoms with Gasteiger partial charge in [-0.1, -0.05) is 30.3 Å². The number of aromatic nitrogens is 2. The van der Waals surface area contributed by atoms with E-state index in [0.717, 1.165) is 16.5 Å². The molecule has 0 amide bonds. The monoisotopic (exact) mass is 325 g/mol. The summed E-state index contributed by atoms with van der Waals surface area (Å²) in [6.45, 7) is 0.382. The van der Waals surface area contributed by atoms with Crippen LogP contribution in [0.2, 0.25) is 0 Å². The van der Waals surface area contributed by atoms with E-state index >= 15 is 0 Å². The number of methoxy groups -OCH3 is 2. The molecule has 24 heavy (non-hydrogen) atoms. The van der Waals surface area contributed by atoms with Gasteiger partial charge in [-0.2, -0.15) is 0 Å². The van der Waals surface area contributed by atoms with E-state index in [0.29, 0.717) is 23.9 Å². The first kappa shape index (κ1) is 16.0. The van der Waals surface area contributed by atoms with E-state index < -0.39 is 0 Å². The Morgan fingerprint density at radius 1 is 1.00 bits per heavy atom. The van der Waals surface area contributed by atoms with Gasteiger partial charge in [0.1, 0.15) is 18.9 Å². The number of ether oxygens (including phenoxy) is 2. The smallest absolute Gasteiger partial charge is 0.162 e. The average Bonchev–Trinajstić information content (AvgIpc) is 2.65. The lowest BCUT2D eigenvalue weighted by atomic mass is 10.1. The summed E-state index contributed by atoms with van der Waals surface area (Å²) in [5.74, 6) is 1.85. The van der Waals surface area contributed by atoms with Gasteiger partial charge in [-0.3, -0.25) is 0 Å². The lowest BCUT2D eigenvalue weighted by Crippen LogP contribution is -2.25. The molecule has 6 heteroatoms. The molecule has 0 saturated carbocycles. The van der Waals surface area contributed by atoms with Crippen LogP contribution in [0, 0.1) is 0 Å².